The molecule has 2 aromatic carbocycles. The van der Waals surface area contributed by atoms with Gasteiger partial charge in [-0.2, -0.15) is 0 Å². The molecule has 168 valence electrons. The van der Waals surface area contributed by atoms with Gasteiger partial charge in [0.05, 0.1) is 19.6 Å². The van der Waals surface area contributed by atoms with Crippen molar-refractivity contribution >= 4 is 29.1 Å². The summed E-state index contributed by atoms with van der Waals surface area (Å²) in [5.74, 6) is -0.211. The molecular weight excluding hydrogens is 408 g/mol. The van der Waals surface area contributed by atoms with Gasteiger partial charge in [-0.15, -0.1) is 0 Å². The zero-order valence-electron chi connectivity index (χ0n) is 18.2. The fraction of sp³-hybridized carbons (Fsp3) is 0.375. The Morgan fingerprint density at radius 3 is 2.31 bits per heavy atom. The molecular formula is C24H28N4O4. The van der Waals surface area contributed by atoms with Gasteiger partial charge < -0.3 is 24.8 Å². The van der Waals surface area contributed by atoms with Gasteiger partial charge >= 0.3 is 0 Å². The van der Waals surface area contributed by atoms with Crippen LogP contribution in [0.15, 0.2) is 54.6 Å². The Morgan fingerprint density at radius 2 is 1.66 bits per heavy atom. The topological polar surface area (TPSA) is 82.2 Å². The maximum Gasteiger partial charge on any atom is 0.242 e. The first-order valence-electron chi connectivity index (χ1n) is 10.8. The van der Waals surface area contributed by atoms with Crippen LogP contribution in [0.4, 0.5) is 11.4 Å². The molecule has 2 aliphatic rings. The highest BCUT2D eigenvalue weighted by Gasteiger charge is 2.35. The van der Waals surface area contributed by atoms with Gasteiger partial charge in [0.1, 0.15) is 5.75 Å². The fourth-order valence-corrected chi connectivity index (χ4v) is 4.17. The highest BCUT2D eigenvalue weighted by molar-refractivity contribution is 6.00. The lowest BCUT2D eigenvalue weighted by Gasteiger charge is -2.36. The number of hydrogen-bond acceptors (Lipinski definition) is 5. The second-order valence-electron chi connectivity index (χ2n) is 8.02. The van der Waals surface area contributed by atoms with E-state index in [-0.39, 0.29) is 30.7 Å². The molecule has 32 heavy (non-hydrogen) atoms. The molecule has 0 bridgehead atoms. The van der Waals surface area contributed by atoms with Crippen molar-refractivity contribution in [3.8, 4) is 5.75 Å². The Hall–Kier alpha value is -3.55. The van der Waals surface area contributed by atoms with E-state index in [4.69, 9.17) is 4.74 Å². The van der Waals surface area contributed by atoms with Gasteiger partial charge in [0.25, 0.3) is 0 Å². The van der Waals surface area contributed by atoms with E-state index in [0.29, 0.717) is 25.4 Å². The van der Waals surface area contributed by atoms with Gasteiger partial charge in [0, 0.05) is 50.5 Å². The van der Waals surface area contributed by atoms with E-state index in [9.17, 15) is 14.4 Å². The third-order valence-electron chi connectivity index (χ3n) is 6.05. The van der Waals surface area contributed by atoms with Crippen LogP contribution >= 0.6 is 0 Å². The van der Waals surface area contributed by atoms with Crippen LogP contribution in [0, 0.1) is 5.92 Å². The molecule has 0 aromatic heterocycles. The number of nitrogens with zero attached hydrogens (tertiary/aromatic N) is 3. The Balaban J connectivity index is 1.24. The minimum atomic E-state index is -0.465. The van der Waals surface area contributed by atoms with E-state index in [1.54, 1.807) is 41.2 Å². The Morgan fingerprint density at radius 1 is 0.969 bits per heavy atom. The van der Waals surface area contributed by atoms with Crippen LogP contribution in [0.3, 0.4) is 0 Å². The summed E-state index contributed by atoms with van der Waals surface area (Å²) in [6, 6.07) is 17.3. The summed E-state index contributed by atoms with van der Waals surface area (Å²) in [5.41, 5.74) is 1.89. The molecule has 4 rings (SSSR count). The number of nitrogens with one attached hydrogen (secondary N) is 1. The van der Waals surface area contributed by atoms with Crippen LogP contribution in [0.5, 0.6) is 5.75 Å². The van der Waals surface area contributed by atoms with Crippen molar-refractivity contribution in [1.29, 1.82) is 0 Å². The van der Waals surface area contributed by atoms with E-state index in [2.05, 4.69) is 22.3 Å². The quantitative estimate of drug-likeness (QED) is 0.743. The molecule has 0 unspecified atom stereocenters. The van der Waals surface area contributed by atoms with Crippen molar-refractivity contribution in [2.24, 2.45) is 5.92 Å². The molecule has 0 aliphatic carbocycles. The first-order chi connectivity index (χ1) is 15.5. The first-order valence-corrected chi connectivity index (χ1v) is 10.8. The van der Waals surface area contributed by atoms with E-state index in [1.165, 1.54) is 0 Å². The fourth-order valence-electron chi connectivity index (χ4n) is 4.17. The van der Waals surface area contributed by atoms with Gasteiger partial charge in [0.2, 0.25) is 17.7 Å². The van der Waals surface area contributed by atoms with Crippen molar-refractivity contribution in [3.63, 3.8) is 0 Å². The molecule has 2 heterocycles. The summed E-state index contributed by atoms with van der Waals surface area (Å²) >= 11 is 0. The number of anilines is 2. The second kappa shape index (κ2) is 9.72. The van der Waals surface area contributed by atoms with Crippen molar-refractivity contribution in [3.05, 3.63) is 54.6 Å². The van der Waals surface area contributed by atoms with Crippen LogP contribution in [0.1, 0.15) is 6.42 Å². The van der Waals surface area contributed by atoms with E-state index in [0.717, 1.165) is 24.5 Å². The molecule has 0 radical (unpaired) electrons. The maximum absolute atomic E-state index is 12.6. The number of hydrogen-bond donors (Lipinski definition) is 1. The van der Waals surface area contributed by atoms with Crippen LogP contribution < -0.4 is 19.9 Å². The van der Waals surface area contributed by atoms with Crippen molar-refractivity contribution in [2.45, 2.75) is 6.42 Å². The predicted octanol–water partition coefficient (Wildman–Crippen LogP) is 1.51. The lowest BCUT2D eigenvalue weighted by atomic mass is 10.1. The third kappa shape index (κ3) is 4.85. The predicted molar refractivity (Wildman–Crippen MR) is 122 cm³/mol. The molecule has 2 fully saturated rings. The standard InChI is InChI=1S/C24H28N4O4/c1-32-21-9-7-20(8-10-21)28-17-18(15-22(28)29)24(31)25-16-23(30)27-13-11-26(12-14-27)19-5-3-2-4-6-19/h2-10,18H,11-17H2,1H3,(H,25,31)/t18-/m1/s1. The minimum Gasteiger partial charge on any atom is -0.497 e. The number of rotatable bonds is 6. The number of benzene rings is 2. The van der Waals surface area contributed by atoms with E-state index >= 15 is 0 Å². The molecule has 0 saturated carbocycles. The highest BCUT2D eigenvalue weighted by Crippen LogP contribution is 2.27. The average molecular weight is 437 g/mol. The average Bonchev–Trinajstić information content (AvgIpc) is 3.24. The SMILES string of the molecule is COc1ccc(N2C[C@H](C(=O)NCC(=O)N3CCN(c4ccccc4)CC3)CC2=O)cc1. The number of piperazine rings is 1. The number of amides is 3. The largest absolute Gasteiger partial charge is 0.497 e. The molecule has 0 spiro atoms. The van der Waals surface area contributed by atoms with Gasteiger partial charge in [-0.25, -0.2) is 0 Å². The van der Waals surface area contributed by atoms with E-state index < -0.39 is 5.92 Å². The molecule has 2 saturated heterocycles. The molecule has 1 N–H and O–H groups in total. The van der Waals surface area contributed by atoms with Crippen LogP contribution in [0.2, 0.25) is 0 Å². The third-order valence-corrected chi connectivity index (χ3v) is 6.05. The van der Waals surface area contributed by atoms with Crippen molar-refractivity contribution < 1.29 is 19.1 Å². The number of para-hydroxylation sites is 1. The van der Waals surface area contributed by atoms with Crippen molar-refractivity contribution in [2.75, 3.05) is 56.2 Å². The van der Waals surface area contributed by atoms with Crippen LogP contribution in [0.25, 0.3) is 0 Å². The zero-order chi connectivity index (χ0) is 22.5. The molecule has 2 aromatic rings. The lowest BCUT2D eigenvalue weighted by molar-refractivity contribution is -0.134. The number of carbonyl (C=O) groups is 3. The second-order valence-corrected chi connectivity index (χ2v) is 8.02. The van der Waals surface area contributed by atoms with Crippen molar-refractivity contribution in [1.82, 2.24) is 10.2 Å². The number of methoxy groups -OCH3 is 1. The number of carbonyl (C=O) groups excluding carboxylic acids is 3. The first kappa shape index (κ1) is 21.7. The number of ether oxygens (including phenoxy) is 1. The molecule has 1 atom stereocenters. The maximum atomic E-state index is 12.6. The Bertz CT molecular complexity index is 956. The Kier molecular flexibility index (Phi) is 6.58. The molecule has 8 nitrogen and oxygen atoms in total. The summed E-state index contributed by atoms with van der Waals surface area (Å²) in [6.45, 7) is 3.03. The Labute approximate surface area is 187 Å². The monoisotopic (exact) mass is 436 g/mol. The smallest absolute Gasteiger partial charge is 0.242 e. The summed E-state index contributed by atoms with van der Waals surface area (Å²) in [6.07, 6.45) is 0.141. The zero-order valence-corrected chi connectivity index (χ0v) is 18.2. The summed E-state index contributed by atoms with van der Waals surface area (Å²) in [5, 5.41) is 2.73. The molecule has 2 aliphatic heterocycles. The van der Waals surface area contributed by atoms with Gasteiger partial charge in [-0.3, -0.25) is 14.4 Å². The normalized spacial score (nSPS) is 18.6. The van der Waals surface area contributed by atoms with Gasteiger partial charge in [-0.05, 0) is 36.4 Å². The molecule has 8 heteroatoms. The van der Waals surface area contributed by atoms with Gasteiger partial charge in [0.15, 0.2) is 0 Å². The van der Waals surface area contributed by atoms with Crippen LogP contribution in [-0.2, 0) is 14.4 Å². The van der Waals surface area contributed by atoms with E-state index in [1.807, 2.05) is 18.2 Å². The summed E-state index contributed by atoms with van der Waals surface area (Å²) in [7, 11) is 1.58. The van der Waals surface area contributed by atoms with Gasteiger partial charge in [-0.1, -0.05) is 18.2 Å². The minimum absolute atomic E-state index is 0.0442. The van der Waals surface area contributed by atoms with Crippen LogP contribution in [-0.4, -0.2) is 69.0 Å². The molecule has 3 amide bonds. The highest BCUT2D eigenvalue weighted by atomic mass is 16.5. The lowest BCUT2D eigenvalue weighted by Crippen LogP contribution is -2.51. The summed E-state index contributed by atoms with van der Waals surface area (Å²) in [4.78, 5) is 43.2. The summed E-state index contributed by atoms with van der Waals surface area (Å²) < 4.78 is 5.14.